The van der Waals surface area contributed by atoms with Crippen molar-refractivity contribution < 1.29 is 32.5 Å². The molecule has 0 aliphatic carbocycles. The van der Waals surface area contributed by atoms with Crippen LogP contribution in [0.3, 0.4) is 0 Å². The molecular formula is C15H18N8O7S2. The maximum Gasteiger partial charge on any atom is 0.362 e. The van der Waals surface area contributed by atoms with Gasteiger partial charge in [0.05, 0.1) is 12.6 Å². The van der Waals surface area contributed by atoms with E-state index in [1.807, 2.05) is 0 Å². The summed E-state index contributed by atoms with van der Waals surface area (Å²) in [5.41, 5.74) is 5.23. The molecular weight excluding hydrogens is 468 g/mol. The Hall–Kier alpha value is -3.57. The van der Waals surface area contributed by atoms with Gasteiger partial charge in [0.1, 0.15) is 30.1 Å². The minimum absolute atomic E-state index is 0.0204. The summed E-state index contributed by atoms with van der Waals surface area (Å²) in [7, 11) is -4.89. The number of rotatable bonds is 9. The number of aliphatic hydroxyl groups is 1. The van der Waals surface area contributed by atoms with Crippen LogP contribution in [0.2, 0.25) is 0 Å². The molecule has 1 aliphatic heterocycles. The first-order chi connectivity index (χ1) is 15.0. The van der Waals surface area contributed by atoms with Crippen molar-refractivity contribution in [2.75, 3.05) is 5.73 Å². The SMILES string of the molecule is C=C(O)[C@@H](C)O/N=C(\C(=O)N[C@@H]1C(=O)N(S(=O)(=O)O)[C@@H]1Cn1cncn1)c1csc(N)n1. The predicted octanol–water partition coefficient (Wildman–Crippen LogP) is -1.30. The van der Waals surface area contributed by atoms with Crippen molar-refractivity contribution in [2.24, 2.45) is 5.16 Å². The van der Waals surface area contributed by atoms with Crippen molar-refractivity contribution >= 4 is 44.3 Å². The van der Waals surface area contributed by atoms with Crippen LogP contribution in [0, 0.1) is 0 Å². The fourth-order valence-electron chi connectivity index (χ4n) is 2.66. The molecule has 3 atom stereocenters. The van der Waals surface area contributed by atoms with E-state index in [2.05, 4.69) is 32.1 Å². The summed E-state index contributed by atoms with van der Waals surface area (Å²) in [4.78, 5) is 38.0. The average Bonchev–Trinajstić information content (AvgIpc) is 3.36. The number of nitrogens with one attached hydrogen (secondary N) is 1. The first-order valence-corrected chi connectivity index (χ1v) is 11.0. The monoisotopic (exact) mass is 486 g/mol. The van der Waals surface area contributed by atoms with Crippen molar-refractivity contribution in [3.63, 3.8) is 0 Å². The summed E-state index contributed by atoms with van der Waals surface area (Å²) in [6, 6.07) is -2.54. The predicted molar refractivity (Wildman–Crippen MR) is 110 cm³/mol. The van der Waals surface area contributed by atoms with Crippen molar-refractivity contribution in [1.29, 1.82) is 0 Å². The van der Waals surface area contributed by atoms with Gasteiger partial charge in [-0.15, -0.1) is 11.3 Å². The number of amides is 2. The van der Waals surface area contributed by atoms with E-state index in [0.717, 1.165) is 11.3 Å². The Morgan fingerprint density at radius 2 is 2.25 bits per heavy atom. The van der Waals surface area contributed by atoms with Crippen molar-refractivity contribution in [3.05, 3.63) is 36.1 Å². The number of carbonyl (C=O) groups is 2. The van der Waals surface area contributed by atoms with Crippen LogP contribution in [0.1, 0.15) is 12.6 Å². The molecule has 2 amide bonds. The molecule has 0 radical (unpaired) electrons. The number of oxime groups is 1. The maximum atomic E-state index is 12.9. The van der Waals surface area contributed by atoms with Gasteiger partial charge in [0.2, 0.25) is 0 Å². The molecule has 0 unspecified atom stereocenters. The van der Waals surface area contributed by atoms with Gasteiger partial charge in [-0.25, -0.2) is 14.3 Å². The van der Waals surface area contributed by atoms with Crippen LogP contribution in [0.5, 0.6) is 0 Å². The fourth-order valence-corrected chi connectivity index (χ4v) is 4.08. The number of aromatic nitrogens is 4. The molecule has 172 valence electrons. The molecule has 0 saturated carbocycles. The molecule has 32 heavy (non-hydrogen) atoms. The molecule has 5 N–H and O–H groups in total. The van der Waals surface area contributed by atoms with Crippen LogP contribution in [0.4, 0.5) is 5.13 Å². The highest BCUT2D eigenvalue weighted by atomic mass is 32.2. The third kappa shape index (κ3) is 4.84. The van der Waals surface area contributed by atoms with E-state index in [9.17, 15) is 27.7 Å². The van der Waals surface area contributed by atoms with E-state index < -0.39 is 40.3 Å². The molecule has 2 aromatic heterocycles. The minimum atomic E-state index is -4.89. The van der Waals surface area contributed by atoms with Crippen molar-refractivity contribution in [2.45, 2.75) is 31.7 Å². The molecule has 1 fully saturated rings. The molecule has 2 aromatic rings. The second-order valence-electron chi connectivity index (χ2n) is 6.50. The van der Waals surface area contributed by atoms with Gasteiger partial charge in [-0.05, 0) is 6.92 Å². The Morgan fingerprint density at radius 1 is 1.53 bits per heavy atom. The number of nitrogen functional groups attached to an aromatic ring is 1. The highest BCUT2D eigenvalue weighted by Crippen LogP contribution is 2.25. The van der Waals surface area contributed by atoms with Crippen LogP contribution in [0.15, 0.2) is 35.5 Å². The number of nitrogens with two attached hydrogens (primary N) is 1. The molecule has 17 heteroatoms. The molecule has 0 bridgehead atoms. The zero-order valence-corrected chi connectivity index (χ0v) is 18.0. The summed E-state index contributed by atoms with van der Waals surface area (Å²) < 4.78 is 34.0. The van der Waals surface area contributed by atoms with E-state index >= 15 is 0 Å². The Kier molecular flexibility index (Phi) is 6.42. The van der Waals surface area contributed by atoms with Crippen LogP contribution in [-0.2, 0) is 31.3 Å². The van der Waals surface area contributed by atoms with E-state index in [-0.39, 0.29) is 33.1 Å². The number of nitrogens with zero attached hydrogens (tertiary/aromatic N) is 6. The van der Waals surface area contributed by atoms with Crippen molar-refractivity contribution in [3.8, 4) is 0 Å². The topological polar surface area (TPSA) is 215 Å². The number of β-lactam (4-membered cyclic amide) rings is 1. The van der Waals surface area contributed by atoms with Gasteiger partial charge in [0.15, 0.2) is 16.9 Å². The number of thiazole rings is 1. The Bertz CT molecular complexity index is 1160. The summed E-state index contributed by atoms with van der Waals surface area (Å²) in [5, 5.41) is 20.8. The van der Waals surface area contributed by atoms with Crippen LogP contribution < -0.4 is 11.1 Å². The third-order valence-electron chi connectivity index (χ3n) is 4.30. The summed E-state index contributed by atoms with van der Waals surface area (Å²) in [6.07, 6.45) is 1.50. The quantitative estimate of drug-likeness (QED) is 0.107. The van der Waals surface area contributed by atoms with Gasteiger partial charge in [-0.1, -0.05) is 11.7 Å². The molecule has 15 nitrogen and oxygen atoms in total. The first-order valence-electron chi connectivity index (χ1n) is 8.76. The summed E-state index contributed by atoms with van der Waals surface area (Å²) in [5.74, 6) is -2.36. The Morgan fingerprint density at radius 3 is 2.78 bits per heavy atom. The minimum Gasteiger partial charge on any atom is -0.509 e. The average molecular weight is 486 g/mol. The van der Waals surface area contributed by atoms with Crippen LogP contribution in [0.25, 0.3) is 0 Å². The molecule has 1 saturated heterocycles. The van der Waals surface area contributed by atoms with Gasteiger partial charge in [-0.3, -0.25) is 18.8 Å². The lowest BCUT2D eigenvalue weighted by Crippen LogP contribution is -2.73. The molecule has 0 spiro atoms. The van der Waals surface area contributed by atoms with Gasteiger partial charge < -0.3 is 21.0 Å². The molecule has 3 heterocycles. The number of hydrogen-bond acceptors (Lipinski definition) is 12. The highest BCUT2D eigenvalue weighted by molar-refractivity contribution is 7.84. The largest absolute Gasteiger partial charge is 0.509 e. The molecule has 3 rings (SSSR count). The number of carbonyl (C=O) groups excluding carboxylic acids is 2. The normalized spacial score (nSPS) is 19.9. The van der Waals surface area contributed by atoms with Crippen molar-refractivity contribution in [1.82, 2.24) is 29.4 Å². The lowest BCUT2D eigenvalue weighted by molar-refractivity contribution is -0.145. The molecule has 0 aromatic carbocycles. The lowest BCUT2D eigenvalue weighted by atomic mass is 9.98. The van der Waals surface area contributed by atoms with Crippen LogP contribution >= 0.6 is 11.3 Å². The fraction of sp³-hybridized carbons (Fsp3) is 0.333. The van der Waals surface area contributed by atoms with E-state index in [1.165, 1.54) is 29.6 Å². The number of hydrogen-bond donors (Lipinski definition) is 4. The maximum absolute atomic E-state index is 12.9. The summed E-state index contributed by atoms with van der Waals surface area (Å²) in [6.45, 7) is 4.53. The van der Waals surface area contributed by atoms with Gasteiger partial charge in [0, 0.05) is 5.38 Å². The highest BCUT2D eigenvalue weighted by Gasteiger charge is 2.54. The van der Waals surface area contributed by atoms with E-state index in [4.69, 9.17) is 10.6 Å². The second kappa shape index (κ2) is 8.89. The first kappa shape index (κ1) is 23.1. The van der Waals surface area contributed by atoms with E-state index in [0.29, 0.717) is 0 Å². The van der Waals surface area contributed by atoms with E-state index in [1.54, 1.807) is 0 Å². The van der Waals surface area contributed by atoms with Gasteiger partial charge >= 0.3 is 10.3 Å². The molecule has 1 aliphatic rings. The van der Waals surface area contributed by atoms with Gasteiger partial charge in [-0.2, -0.15) is 13.5 Å². The second-order valence-corrected chi connectivity index (χ2v) is 8.68. The number of anilines is 1. The standard InChI is InChI=1S/C15H18N8O7S2/c1-7(24)8(2)30-21-11(9-4-31-15(16)19-9)13(25)20-12-10(3-22-6-17-5-18-22)23(14(12)26)32(27,28)29/h4-6,8,10,12,24H,1,3H2,2H3,(H2,16,19)(H,20,25)(H,27,28,29)/b21-11-/t8-,10-,12+/m1/s1. The summed E-state index contributed by atoms with van der Waals surface area (Å²) >= 11 is 1.01. The lowest BCUT2D eigenvalue weighted by Gasteiger charge is -2.43. The zero-order valence-electron chi connectivity index (χ0n) is 16.4. The van der Waals surface area contributed by atoms with Crippen LogP contribution in [-0.4, -0.2) is 77.8 Å². The van der Waals surface area contributed by atoms with Gasteiger partial charge in [0.25, 0.3) is 11.8 Å². The Balaban J connectivity index is 1.85. The zero-order chi connectivity index (χ0) is 23.6. The smallest absolute Gasteiger partial charge is 0.362 e. The third-order valence-corrected chi connectivity index (χ3v) is 5.92. The number of aliphatic hydroxyl groups excluding tert-OH is 1. The Labute approximate surface area is 185 Å².